The highest BCUT2D eigenvalue weighted by molar-refractivity contribution is 5.10. The van der Waals surface area contributed by atoms with Crippen LogP contribution >= 0.6 is 0 Å². The van der Waals surface area contributed by atoms with Gasteiger partial charge < -0.3 is 10.0 Å². The summed E-state index contributed by atoms with van der Waals surface area (Å²) in [5, 5.41) is 9.87. The van der Waals surface area contributed by atoms with Crippen molar-refractivity contribution < 1.29 is 5.11 Å². The molecule has 2 heteroatoms. The molecule has 0 aromatic heterocycles. The molecule has 3 aliphatic carbocycles. The monoisotopic (exact) mass is 235 g/mol. The minimum atomic E-state index is -0.0302. The van der Waals surface area contributed by atoms with Gasteiger partial charge in [0.05, 0.1) is 6.10 Å². The van der Waals surface area contributed by atoms with Crippen LogP contribution in [0, 0.1) is 23.7 Å². The van der Waals surface area contributed by atoms with Crippen molar-refractivity contribution in [1.29, 1.82) is 0 Å². The first-order valence-electron chi connectivity index (χ1n) is 7.27. The normalized spacial score (nSPS) is 44.1. The van der Waals surface area contributed by atoms with Crippen LogP contribution < -0.4 is 0 Å². The van der Waals surface area contributed by atoms with Crippen molar-refractivity contribution in [3.8, 4) is 0 Å². The number of rotatable bonds is 4. The summed E-state index contributed by atoms with van der Waals surface area (Å²) < 4.78 is 0. The third-order valence-corrected chi connectivity index (χ3v) is 5.13. The predicted octanol–water partition coefficient (Wildman–Crippen LogP) is 2.29. The molecule has 2 bridgehead atoms. The molecule has 0 aliphatic heterocycles. The van der Waals surface area contributed by atoms with Gasteiger partial charge in [0.1, 0.15) is 0 Å². The van der Waals surface area contributed by atoms with Gasteiger partial charge in [-0.25, -0.2) is 0 Å². The lowest BCUT2D eigenvalue weighted by Gasteiger charge is -2.28. The van der Waals surface area contributed by atoms with Gasteiger partial charge in [-0.05, 0) is 56.4 Å². The summed E-state index contributed by atoms with van der Waals surface area (Å²) in [5.74, 6) is 3.16. The number of nitrogens with zero attached hydrogens (tertiary/aromatic N) is 1. The van der Waals surface area contributed by atoms with E-state index in [1.165, 1.54) is 32.2 Å². The van der Waals surface area contributed by atoms with Gasteiger partial charge in [-0.1, -0.05) is 18.6 Å². The van der Waals surface area contributed by atoms with Crippen LogP contribution in [0.15, 0.2) is 12.2 Å². The summed E-state index contributed by atoms with van der Waals surface area (Å²) in [7, 11) is 2.24. The molecule has 0 heterocycles. The standard InChI is InChI=1S/C15H25NO/c1-16(9-13-3-2-4-15(13)17)10-14-8-11-5-6-12(14)7-11/h5-6,11-15,17H,2-4,7-10H2,1H3. The van der Waals surface area contributed by atoms with Gasteiger partial charge in [-0.3, -0.25) is 0 Å². The SMILES string of the molecule is CN(CC1CCCC1O)CC1CC2C=CC1C2. The lowest BCUT2D eigenvalue weighted by Crippen LogP contribution is -2.34. The zero-order valence-corrected chi connectivity index (χ0v) is 10.9. The first-order valence-corrected chi connectivity index (χ1v) is 7.27. The summed E-state index contributed by atoms with van der Waals surface area (Å²) in [5.41, 5.74) is 0. The lowest BCUT2D eigenvalue weighted by atomic mass is 9.93. The van der Waals surface area contributed by atoms with E-state index in [1.807, 2.05) is 0 Å². The Morgan fingerprint density at radius 3 is 2.53 bits per heavy atom. The maximum absolute atomic E-state index is 9.87. The second-order valence-electron chi connectivity index (χ2n) is 6.52. The maximum Gasteiger partial charge on any atom is 0.0580 e. The van der Waals surface area contributed by atoms with E-state index in [0.29, 0.717) is 5.92 Å². The smallest absolute Gasteiger partial charge is 0.0580 e. The van der Waals surface area contributed by atoms with Crippen LogP contribution in [0.1, 0.15) is 32.1 Å². The van der Waals surface area contributed by atoms with Crippen LogP contribution in [-0.2, 0) is 0 Å². The molecule has 0 aromatic rings. The highest BCUT2D eigenvalue weighted by atomic mass is 16.3. The Bertz CT molecular complexity index is 301. The van der Waals surface area contributed by atoms with Crippen LogP contribution in [0.25, 0.3) is 0 Å². The average molecular weight is 235 g/mol. The first-order chi connectivity index (χ1) is 8.22. The zero-order chi connectivity index (χ0) is 11.8. The summed E-state index contributed by atoms with van der Waals surface area (Å²) in [6, 6.07) is 0. The molecule has 5 unspecified atom stereocenters. The van der Waals surface area contributed by atoms with E-state index >= 15 is 0 Å². The van der Waals surface area contributed by atoms with Crippen LogP contribution in [0.5, 0.6) is 0 Å². The van der Waals surface area contributed by atoms with E-state index in [2.05, 4.69) is 24.1 Å². The van der Waals surface area contributed by atoms with Gasteiger partial charge in [0.15, 0.2) is 0 Å². The average Bonchev–Trinajstić information content (AvgIpc) is 2.96. The van der Waals surface area contributed by atoms with Crippen molar-refractivity contribution in [3.05, 3.63) is 12.2 Å². The van der Waals surface area contributed by atoms with E-state index in [1.54, 1.807) is 0 Å². The summed E-state index contributed by atoms with van der Waals surface area (Å²) >= 11 is 0. The Balaban J connectivity index is 1.47. The number of aliphatic hydroxyl groups is 1. The second-order valence-corrected chi connectivity index (χ2v) is 6.52. The molecule has 0 radical (unpaired) electrons. The van der Waals surface area contributed by atoms with E-state index in [9.17, 15) is 5.11 Å². The molecule has 2 saturated carbocycles. The Morgan fingerprint density at radius 2 is 1.94 bits per heavy atom. The molecule has 2 fully saturated rings. The molecule has 17 heavy (non-hydrogen) atoms. The van der Waals surface area contributed by atoms with Crippen molar-refractivity contribution in [2.75, 3.05) is 20.1 Å². The number of hydrogen-bond acceptors (Lipinski definition) is 2. The largest absolute Gasteiger partial charge is 0.393 e. The highest BCUT2D eigenvalue weighted by Crippen LogP contribution is 2.43. The molecule has 3 rings (SSSR count). The molecule has 1 N–H and O–H groups in total. The van der Waals surface area contributed by atoms with Crippen LogP contribution in [0.4, 0.5) is 0 Å². The summed E-state index contributed by atoms with van der Waals surface area (Å²) in [4.78, 5) is 2.47. The molecular formula is C15H25NO. The van der Waals surface area contributed by atoms with Gasteiger partial charge in [0, 0.05) is 13.1 Å². The molecular weight excluding hydrogens is 210 g/mol. The lowest BCUT2D eigenvalue weighted by molar-refractivity contribution is 0.103. The fourth-order valence-corrected chi connectivity index (χ4v) is 4.21. The quantitative estimate of drug-likeness (QED) is 0.756. The Kier molecular flexibility index (Phi) is 3.27. The van der Waals surface area contributed by atoms with E-state index in [4.69, 9.17) is 0 Å². The van der Waals surface area contributed by atoms with Crippen LogP contribution in [-0.4, -0.2) is 36.2 Å². The first kappa shape index (κ1) is 11.7. The van der Waals surface area contributed by atoms with Crippen molar-refractivity contribution in [3.63, 3.8) is 0 Å². The summed E-state index contributed by atoms with van der Waals surface area (Å²) in [6.45, 7) is 2.33. The Labute approximate surface area is 105 Å². The number of hydrogen-bond donors (Lipinski definition) is 1. The van der Waals surface area contributed by atoms with Gasteiger partial charge in [0.2, 0.25) is 0 Å². The van der Waals surface area contributed by atoms with E-state index in [-0.39, 0.29) is 6.10 Å². The molecule has 0 aromatic carbocycles. The van der Waals surface area contributed by atoms with Gasteiger partial charge >= 0.3 is 0 Å². The highest BCUT2D eigenvalue weighted by Gasteiger charge is 2.36. The minimum absolute atomic E-state index is 0.0302. The third-order valence-electron chi connectivity index (χ3n) is 5.13. The van der Waals surface area contributed by atoms with Crippen molar-refractivity contribution in [2.45, 2.75) is 38.2 Å². The topological polar surface area (TPSA) is 23.5 Å². The molecule has 0 amide bonds. The number of aliphatic hydroxyl groups excluding tert-OH is 1. The van der Waals surface area contributed by atoms with Gasteiger partial charge in [0.25, 0.3) is 0 Å². The van der Waals surface area contributed by atoms with Gasteiger partial charge in [-0.2, -0.15) is 0 Å². The molecule has 96 valence electrons. The number of allylic oxidation sites excluding steroid dienone is 2. The third kappa shape index (κ3) is 2.43. The molecule has 2 nitrogen and oxygen atoms in total. The van der Waals surface area contributed by atoms with Gasteiger partial charge in [-0.15, -0.1) is 0 Å². The Morgan fingerprint density at radius 1 is 1.12 bits per heavy atom. The molecule has 0 saturated heterocycles. The number of fused-ring (bicyclic) bond motifs is 2. The van der Waals surface area contributed by atoms with Crippen molar-refractivity contribution in [2.24, 2.45) is 23.7 Å². The zero-order valence-electron chi connectivity index (χ0n) is 10.9. The van der Waals surface area contributed by atoms with Crippen LogP contribution in [0.2, 0.25) is 0 Å². The minimum Gasteiger partial charge on any atom is -0.393 e. The fraction of sp³-hybridized carbons (Fsp3) is 0.867. The molecule has 3 aliphatic rings. The van der Waals surface area contributed by atoms with Crippen molar-refractivity contribution >= 4 is 0 Å². The van der Waals surface area contributed by atoms with E-state index < -0.39 is 0 Å². The molecule has 5 atom stereocenters. The van der Waals surface area contributed by atoms with Crippen LogP contribution in [0.3, 0.4) is 0 Å². The van der Waals surface area contributed by atoms with E-state index in [0.717, 1.165) is 30.7 Å². The maximum atomic E-state index is 9.87. The fourth-order valence-electron chi connectivity index (χ4n) is 4.21. The second kappa shape index (κ2) is 4.74. The Hall–Kier alpha value is -0.340. The van der Waals surface area contributed by atoms with Crippen molar-refractivity contribution in [1.82, 2.24) is 4.90 Å². The summed E-state index contributed by atoms with van der Waals surface area (Å²) in [6.07, 6.45) is 11.1. The molecule has 0 spiro atoms. The predicted molar refractivity (Wildman–Crippen MR) is 69.7 cm³/mol.